The van der Waals surface area contributed by atoms with Gasteiger partial charge in [0.25, 0.3) is 5.56 Å². The van der Waals surface area contributed by atoms with Crippen molar-refractivity contribution in [1.82, 2.24) is 4.57 Å². The van der Waals surface area contributed by atoms with Crippen molar-refractivity contribution in [3.05, 3.63) is 33.2 Å². The minimum absolute atomic E-state index is 0.0188. The summed E-state index contributed by atoms with van der Waals surface area (Å²) in [6.07, 6.45) is 0.365. The Balaban J connectivity index is 2.84. The summed E-state index contributed by atoms with van der Waals surface area (Å²) in [5.74, 6) is -0.0188. The number of nitriles is 1. The predicted molar refractivity (Wildman–Crippen MR) is 49.1 cm³/mol. The fourth-order valence-corrected chi connectivity index (χ4v) is 1.70. The second-order valence-corrected chi connectivity index (χ2v) is 3.33. The first kappa shape index (κ1) is 8.70. The van der Waals surface area contributed by atoms with Gasteiger partial charge in [0, 0.05) is 13.0 Å². The molecule has 14 heavy (non-hydrogen) atoms. The van der Waals surface area contributed by atoms with Crippen LogP contribution >= 0.6 is 0 Å². The summed E-state index contributed by atoms with van der Waals surface area (Å²) in [4.78, 5) is 23.0. The summed E-state index contributed by atoms with van der Waals surface area (Å²) < 4.78 is 1.38. The molecule has 0 bridgehead atoms. The number of pyridine rings is 1. The molecule has 1 aliphatic rings. The molecule has 0 spiro atoms. The highest BCUT2D eigenvalue weighted by atomic mass is 16.1. The normalized spacial score (nSPS) is 13.9. The van der Waals surface area contributed by atoms with Gasteiger partial charge in [-0.2, -0.15) is 5.26 Å². The first-order chi connectivity index (χ1) is 6.65. The Hall–Kier alpha value is -1.89. The molecule has 2 heterocycles. The summed E-state index contributed by atoms with van der Waals surface area (Å²) >= 11 is 0. The van der Waals surface area contributed by atoms with Crippen molar-refractivity contribution in [1.29, 1.82) is 5.26 Å². The number of carbonyl (C=O) groups is 1. The number of aromatic nitrogens is 1. The molecule has 0 atom stereocenters. The van der Waals surface area contributed by atoms with E-state index in [0.717, 1.165) is 0 Å². The van der Waals surface area contributed by atoms with Gasteiger partial charge in [-0.3, -0.25) is 9.59 Å². The molecule has 0 aromatic carbocycles. The van der Waals surface area contributed by atoms with E-state index in [1.807, 2.05) is 6.07 Å². The summed E-state index contributed by atoms with van der Waals surface area (Å²) in [5.41, 5.74) is 0.822. The van der Waals surface area contributed by atoms with Gasteiger partial charge in [0.1, 0.15) is 11.6 Å². The van der Waals surface area contributed by atoms with Crippen LogP contribution in [-0.4, -0.2) is 10.4 Å². The van der Waals surface area contributed by atoms with E-state index in [-0.39, 0.29) is 16.9 Å². The minimum atomic E-state index is -0.339. The van der Waals surface area contributed by atoms with E-state index >= 15 is 0 Å². The van der Waals surface area contributed by atoms with Crippen molar-refractivity contribution in [2.45, 2.75) is 19.9 Å². The van der Waals surface area contributed by atoms with Crippen molar-refractivity contribution in [2.75, 3.05) is 0 Å². The van der Waals surface area contributed by atoms with Crippen molar-refractivity contribution in [2.24, 2.45) is 0 Å². The summed E-state index contributed by atoms with van der Waals surface area (Å²) in [7, 11) is 0. The monoisotopic (exact) mass is 188 g/mol. The number of ketones is 1. The number of rotatable bonds is 0. The SMILES string of the molecule is Cc1cc2n(c(=O)c1C#N)CCC2=O. The van der Waals surface area contributed by atoms with Crippen molar-refractivity contribution in [3.63, 3.8) is 0 Å². The highest BCUT2D eigenvalue weighted by molar-refractivity contribution is 5.96. The summed E-state index contributed by atoms with van der Waals surface area (Å²) in [6.45, 7) is 2.08. The molecule has 0 unspecified atom stereocenters. The van der Waals surface area contributed by atoms with E-state index in [1.165, 1.54) is 4.57 Å². The average molecular weight is 188 g/mol. The standard InChI is InChI=1S/C10H8N2O2/c1-6-4-8-9(13)2-3-12(8)10(14)7(6)5-11/h4H,2-3H2,1H3. The van der Waals surface area contributed by atoms with Gasteiger partial charge >= 0.3 is 0 Å². The zero-order valence-corrected chi connectivity index (χ0v) is 7.70. The molecule has 1 aromatic rings. The average Bonchev–Trinajstić information content (AvgIpc) is 2.49. The van der Waals surface area contributed by atoms with Crippen LogP contribution in [0.5, 0.6) is 0 Å². The van der Waals surface area contributed by atoms with Crippen molar-refractivity contribution in [3.8, 4) is 6.07 Å². The van der Waals surface area contributed by atoms with Crippen LogP contribution in [0, 0.1) is 18.3 Å². The van der Waals surface area contributed by atoms with Crippen molar-refractivity contribution < 1.29 is 4.79 Å². The molecule has 0 radical (unpaired) electrons. The lowest BCUT2D eigenvalue weighted by atomic mass is 10.1. The third kappa shape index (κ3) is 0.990. The lowest BCUT2D eigenvalue weighted by molar-refractivity contribution is 0.0994. The first-order valence-corrected chi connectivity index (χ1v) is 4.33. The van der Waals surface area contributed by atoms with Gasteiger partial charge in [0.15, 0.2) is 5.78 Å². The Kier molecular flexibility index (Phi) is 1.74. The van der Waals surface area contributed by atoms with Gasteiger partial charge in [0.2, 0.25) is 0 Å². The number of hydrogen-bond acceptors (Lipinski definition) is 3. The van der Waals surface area contributed by atoms with E-state index in [0.29, 0.717) is 24.2 Å². The van der Waals surface area contributed by atoms with Crippen LogP contribution in [0.2, 0.25) is 0 Å². The van der Waals surface area contributed by atoms with Gasteiger partial charge in [0.05, 0.1) is 5.69 Å². The van der Waals surface area contributed by atoms with Crippen LogP contribution in [0.4, 0.5) is 0 Å². The molecular formula is C10H8N2O2. The Labute approximate surface area is 80.4 Å². The Morgan fingerprint density at radius 1 is 1.50 bits per heavy atom. The molecule has 1 aliphatic heterocycles. The van der Waals surface area contributed by atoms with E-state index in [4.69, 9.17) is 5.26 Å². The zero-order valence-electron chi connectivity index (χ0n) is 7.70. The topological polar surface area (TPSA) is 62.9 Å². The molecule has 0 saturated carbocycles. The highest BCUT2D eigenvalue weighted by Crippen LogP contribution is 2.14. The highest BCUT2D eigenvalue weighted by Gasteiger charge is 2.22. The summed E-state index contributed by atoms with van der Waals surface area (Å²) in [5, 5.41) is 8.75. The smallest absolute Gasteiger partial charge is 0.269 e. The van der Waals surface area contributed by atoms with Gasteiger partial charge in [-0.05, 0) is 18.6 Å². The molecule has 1 aromatic heterocycles. The largest absolute Gasteiger partial charge is 0.304 e. The molecule has 0 saturated heterocycles. The van der Waals surface area contributed by atoms with Gasteiger partial charge in [-0.15, -0.1) is 0 Å². The third-order valence-electron chi connectivity index (χ3n) is 2.46. The predicted octanol–water partition coefficient (Wildman–Crippen LogP) is 0.615. The number of aryl methyl sites for hydroxylation is 1. The summed E-state index contributed by atoms with van der Waals surface area (Å²) in [6, 6.07) is 3.48. The number of fused-ring (bicyclic) bond motifs is 1. The van der Waals surface area contributed by atoms with E-state index < -0.39 is 0 Å². The second kappa shape index (κ2) is 2.81. The fourth-order valence-electron chi connectivity index (χ4n) is 1.70. The lowest BCUT2D eigenvalue weighted by Gasteiger charge is -2.03. The van der Waals surface area contributed by atoms with Crippen LogP contribution in [0.1, 0.15) is 28.0 Å². The van der Waals surface area contributed by atoms with Crippen LogP contribution in [0.15, 0.2) is 10.9 Å². The van der Waals surface area contributed by atoms with E-state index in [1.54, 1.807) is 13.0 Å². The fraction of sp³-hybridized carbons (Fsp3) is 0.300. The molecule has 0 aliphatic carbocycles. The Morgan fingerprint density at radius 3 is 2.86 bits per heavy atom. The lowest BCUT2D eigenvalue weighted by Crippen LogP contribution is -2.23. The molecule has 2 rings (SSSR count). The maximum Gasteiger partial charge on any atom is 0.269 e. The molecule has 4 nitrogen and oxygen atoms in total. The van der Waals surface area contributed by atoms with E-state index in [9.17, 15) is 9.59 Å². The molecule has 0 fully saturated rings. The molecule has 0 N–H and O–H groups in total. The second-order valence-electron chi connectivity index (χ2n) is 3.33. The van der Waals surface area contributed by atoms with Crippen LogP contribution in [0.25, 0.3) is 0 Å². The maximum atomic E-state index is 11.6. The number of nitrogens with zero attached hydrogens (tertiary/aromatic N) is 2. The quantitative estimate of drug-likeness (QED) is 0.599. The van der Waals surface area contributed by atoms with Crippen LogP contribution in [-0.2, 0) is 6.54 Å². The molecule has 70 valence electrons. The van der Waals surface area contributed by atoms with Crippen molar-refractivity contribution >= 4 is 5.78 Å². The number of carbonyl (C=O) groups excluding carboxylic acids is 1. The van der Waals surface area contributed by atoms with Gasteiger partial charge in [-0.1, -0.05) is 0 Å². The van der Waals surface area contributed by atoms with E-state index in [2.05, 4.69) is 0 Å². The van der Waals surface area contributed by atoms with Gasteiger partial charge < -0.3 is 4.57 Å². The molecular weight excluding hydrogens is 180 g/mol. The Morgan fingerprint density at radius 2 is 2.21 bits per heavy atom. The van der Waals surface area contributed by atoms with Crippen LogP contribution < -0.4 is 5.56 Å². The van der Waals surface area contributed by atoms with Crippen LogP contribution in [0.3, 0.4) is 0 Å². The zero-order chi connectivity index (χ0) is 10.3. The first-order valence-electron chi connectivity index (χ1n) is 4.33. The molecule has 4 heteroatoms. The van der Waals surface area contributed by atoms with Gasteiger partial charge in [-0.25, -0.2) is 0 Å². The number of Topliss-reactive ketones (excluding diaryl/α,β-unsaturated/α-hetero) is 1. The number of hydrogen-bond donors (Lipinski definition) is 0. The maximum absolute atomic E-state index is 11.6. The Bertz CT molecular complexity index is 520. The third-order valence-corrected chi connectivity index (χ3v) is 2.46. The minimum Gasteiger partial charge on any atom is -0.304 e. The molecule has 0 amide bonds.